The topological polar surface area (TPSA) is 35.8 Å². The van der Waals surface area contributed by atoms with Gasteiger partial charge in [0.05, 0.1) is 6.07 Å². The van der Waals surface area contributed by atoms with Crippen LogP contribution in [0.15, 0.2) is 18.2 Å². The number of unbranched alkanes of at least 4 members (excludes halogenated alkanes) is 2. The first-order chi connectivity index (χ1) is 7.72. The lowest BCUT2D eigenvalue weighted by molar-refractivity contribution is 0.628. The summed E-state index contributed by atoms with van der Waals surface area (Å²) >= 11 is 0. The highest BCUT2D eigenvalue weighted by atomic mass is 35.5. The summed E-state index contributed by atoms with van der Waals surface area (Å²) in [6, 6.07) is 8.79. The van der Waals surface area contributed by atoms with Gasteiger partial charge in [-0.2, -0.15) is 5.26 Å². The molecule has 2 nitrogen and oxygen atoms in total. The van der Waals surface area contributed by atoms with Crippen LogP contribution in [0, 0.1) is 25.2 Å². The van der Waals surface area contributed by atoms with Crippen molar-refractivity contribution in [2.45, 2.75) is 39.7 Å². The van der Waals surface area contributed by atoms with E-state index in [0.717, 1.165) is 25.9 Å². The van der Waals surface area contributed by atoms with Crippen LogP contribution in [0.2, 0.25) is 0 Å². The van der Waals surface area contributed by atoms with Gasteiger partial charge in [0.15, 0.2) is 0 Å². The maximum atomic E-state index is 8.39. The van der Waals surface area contributed by atoms with Crippen molar-refractivity contribution >= 4 is 12.4 Å². The van der Waals surface area contributed by atoms with Crippen LogP contribution in [0.1, 0.15) is 36.0 Å². The van der Waals surface area contributed by atoms with Gasteiger partial charge in [0.25, 0.3) is 0 Å². The molecule has 3 heteroatoms. The van der Waals surface area contributed by atoms with Gasteiger partial charge in [0.1, 0.15) is 0 Å². The summed E-state index contributed by atoms with van der Waals surface area (Å²) < 4.78 is 0. The Bertz CT molecular complexity index is 349. The average molecular weight is 253 g/mol. The Hall–Kier alpha value is -1.04. The Balaban J connectivity index is 0.00000256. The molecule has 0 heterocycles. The zero-order valence-electron chi connectivity index (χ0n) is 10.6. The molecule has 94 valence electrons. The molecule has 0 aromatic heterocycles. The smallest absolute Gasteiger partial charge is 0.0621 e. The van der Waals surface area contributed by atoms with Crippen LogP contribution in [0.25, 0.3) is 0 Å². The fourth-order valence-corrected chi connectivity index (χ4v) is 1.86. The minimum atomic E-state index is 0. The van der Waals surface area contributed by atoms with Crippen molar-refractivity contribution in [3.8, 4) is 6.07 Å². The zero-order valence-corrected chi connectivity index (χ0v) is 11.4. The molecule has 0 aliphatic carbocycles. The van der Waals surface area contributed by atoms with Crippen LogP contribution in [-0.4, -0.2) is 6.54 Å². The second kappa shape index (κ2) is 9.04. The molecule has 1 N–H and O–H groups in total. The second-order valence-corrected chi connectivity index (χ2v) is 4.29. The quantitative estimate of drug-likeness (QED) is 0.787. The molecule has 0 amide bonds. The third kappa shape index (κ3) is 6.99. The molecular weight excluding hydrogens is 232 g/mol. The van der Waals surface area contributed by atoms with Gasteiger partial charge in [-0.15, -0.1) is 12.4 Å². The zero-order chi connectivity index (χ0) is 11.8. The van der Waals surface area contributed by atoms with Gasteiger partial charge < -0.3 is 5.32 Å². The van der Waals surface area contributed by atoms with Crippen molar-refractivity contribution < 1.29 is 0 Å². The van der Waals surface area contributed by atoms with E-state index >= 15 is 0 Å². The van der Waals surface area contributed by atoms with Crippen molar-refractivity contribution in [3.63, 3.8) is 0 Å². The van der Waals surface area contributed by atoms with E-state index in [1.54, 1.807) is 0 Å². The van der Waals surface area contributed by atoms with Crippen LogP contribution < -0.4 is 5.32 Å². The first kappa shape index (κ1) is 16.0. The summed E-state index contributed by atoms with van der Waals surface area (Å²) in [5.41, 5.74) is 3.99. The monoisotopic (exact) mass is 252 g/mol. The minimum Gasteiger partial charge on any atom is -0.313 e. The average Bonchev–Trinajstić information content (AvgIpc) is 2.22. The molecule has 1 aromatic rings. The van der Waals surface area contributed by atoms with Crippen LogP contribution in [0.3, 0.4) is 0 Å². The van der Waals surface area contributed by atoms with Gasteiger partial charge in [0.2, 0.25) is 0 Å². The van der Waals surface area contributed by atoms with E-state index in [2.05, 4.69) is 43.4 Å². The third-order valence-corrected chi connectivity index (χ3v) is 2.50. The number of hydrogen-bond donors (Lipinski definition) is 1. The lowest BCUT2D eigenvalue weighted by Crippen LogP contribution is -2.14. The molecule has 0 aliphatic rings. The van der Waals surface area contributed by atoms with E-state index < -0.39 is 0 Å². The summed E-state index contributed by atoms with van der Waals surface area (Å²) in [6.07, 6.45) is 2.75. The highest BCUT2D eigenvalue weighted by Crippen LogP contribution is 2.08. The summed E-state index contributed by atoms with van der Waals surface area (Å²) in [4.78, 5) is 0. The summed E-state index contributed by atoms with van der Waals surface area (Å²) in [6.45, 7) is 6.18. The Kier molecular flexibility index (Phi) is 8.49. The highest BCUT2D eigenvalue weighted by Gasteiger charge is 1.95. The van der Waals surface area contributed by atoms with E-state index in [1.807, 2.05) is 0 Å². The van der Waals surface area contributed by atoms with Crippen molar-refractivity contribution in [1.82, 2.24) is 5.32 Å². The maximum Gasteiger partial charge on any atom is 0.0621 e. The lowest BCUT2D eigenvalue weighted by atomic mass is 10.1. The molecule has 0 spiro atoms. The van der Waals surface area contributed by atoms with Crippen LogP contribution in [0.4, 0.5) is 0 Å². The van der Waals surface area contributed by atoms with E-state index in [9.17, 15) is 0 Å². The fourth-order valence-electron chi connectivity index (χ4n) is 1.86. The van der Waals surface area contributed by atoms with E-state index in [4.69, 9.17) is 5.26 Å². The summed E-state index contributed by atoms with van der Waals surface area (Å²) in [7, 11) is 0. The van der Waals surface area contributed by atoms with Crippen LogP contribution in [0.5, 0.6) is 0 Å². The lowest BCUT2D eigenvalue weighted by Gasteiger charge is -2.06. The number of halogens is 1. The molecule has 0 bridgehead atoms. The van der Waals surface area contributed by atoms with Gasteiger partial charge in [0, 0.05) is 13.0 Å². The summed E-state index contributed by atoms with van der Waals surface area (Å²) in [5.74, 6) is 0. The van der Waals surface area contributed by atoms with Gasteiger partial charge in [-0.1, -0.05) is 29.3 Å². The van der Waals surface area contributed by atoms with Crippen molar-refractivity contribution in [3.05, 3.63) is 34.9 Å². The molecule has 0 unspecified atom stereocenters. The van der Waals surface area contributed by atoms with Crippen molar-refractivity contribution in [2.75, 3.05) is 6.54 Å². The largest absolute Gasteiger partial charge is 0.313 e. The Labute approximate surface area is 110 Å². The van der Waals surface area contributed by atoms with E-state index in [1.165, 1.54) is 16.7 Å². The predicted octanol–water partition coefficient (Wildman–Crippen LogP) is 3.51. The molecule has 0 fully saturated rings. The number of rotatable bonds is 6. The molecule has 17 heavy (non-hydrogen) atoms. The Morgan fingerprint density at radius 2 is 1.76 bits per heavy atom. The fraction of sp³-hybridized carbons (Fsp3) is 0.500. The van der Waals surface area contributed by atoms with Crippen LogP contribution in [-0.2, 0) is 6.54 Å². The standard InChI is InChI=1S/C14H20N2.ClH/c1-12-8-13(2)10-14(9-12)11-16-7-5-3-4-6-15;/h8-10,16H,3-5,7,11H2,1-2H3;1H. The Morgan fingerprint density at radius 3 is 2.35 bits per heavy atom. The van der Waals surface area contributed by atoms with Gasteiger partial charge in [-0.25, -0.2) is 0 Å². The number of aryl methyl sites for hydroxylation is 2. The predicted molar refractivity (Wildman–Crippen MR) is 74.3 cm³/mol. The van der Waals surface area contributed by atoms with E-state index in [0.29, 0.717) is 6.42 Å². The molecular formula is C14H21ClN2. The number of benzene rings is 1. The second-order valence-electron chi connectivity index (χ2n) is 4.29. The van der Waals surface area contributed by atoms with Gasteiger partial charge in [-0.3, -0.25) is 0 Å². The summed E-state index contributed by atoms with van der Waals surface area (Å²) in [5, 5.41) is 11.8. The van der Waals surface area contributed by atoms with Crippen molar-refractivity contribution in [2.24, 2.45) is 0 Å². The Morgan fingerprint density at radius 1 is 1.12 bits per heavy atom. The maximum absolute atomic E-state index is 8.39. The SMILES string of the molecule is Cc1cc(C)cc(CNCCCCC#N)c1.Cl. The molecule has 0 atom stereocenters. The van der Waals surface area contributed by atoms with Gasteiger partial charge in [-0.05, 0) is 38.8 Å². The number of nitrogens with one attached hydrogen (secondary N) is 1. The third-order valence-electron chi connectivity index (χ3n) is 2.50. The number of nitrogens with zero attached hydrogens (tertiary/aromatic N) is 1. The molecule has 0 saturated carbocycles. The first-order valence-electron chi connectivity index (χ1n) is 5.87. The molecule has 0 radical (unpaired) electrons. The van der Waals surface area contributed by atoms with Crippen molar-refractivity contribution in [1.29, 1.82) is 5.26 Å². The van der Waals surface area contributed by atoms with Gasteiger partial charge >= 0.3 is 0 Å². The minimum absolute atomic E-state index is 0. The molecule has 0 saturated heterocycles. The van der Waals surface area contributed by atoms with E-state index in [-0.39, 0.29) is 12.4 Å². The van der Waals surface area contributed by atoms with Crippen LogP contribution >= 0.6 is 12.4 Å². The first-order valence-corrected chi connectivity index (χ1v) is 5.87. The number of nitriles is 1. The number of hydrogen-bond acceptors (Lipinski definition) is 2. The molecule has 1 rings (SSSR count). The molecule has 1 aromatic carbocycles. The normalized spacial score (nSPS) is 9.47. The highest BCUT2D eigenvalue weighted by molar-refractivity contribution is 5.85. The molecule has 0 aliphatic heterocycles.